The van der Waals surface area contributed by atoms with Crippen molar-refractivity contribution in [3.63, 3.8) is 0 Å². The molecule has 2 atom stereocenters. The Hall–Kier alpha value is -1.61. The average molecular weight is 312 g/mol. The third-order valence-electron chi connectivity index (χ3n) is 5.39. The molecule has 2 aliphatic carbocycles. The fourth-order valence-corrected chi connectivity index (χ4v) is 5.24. The van der Waals surface area contributed by atoms with Gasteiger partial charge in [-0.15, -0.1) is 11.3 Å². The number of para-hydroxylation sites is 1. The summed E-state index contributed by atoms with van der Waals surface area (Å²) < 4.78 is 5.63. The number of ether oxygens (including phenoxy) is 1. The van der Waals surface area contributed by atoms with Crippen LogP contribution in [0.5, 0.6) is 5.75 Å². The SMILES string of the molecule is Cc1sc(C(=O)COc2ccccc2)c2c1[C@H]1[C@@H](C2)C1(C)C. The summed E-state index contributed by atoms with van der Waals surface area (Å²) in [6.45, 7) is 7.00. The van der Waals surface area contributed by atoms with Crippen molar-refractivity contribution < 1.29 is 9.53 Å². The maximum Gasteiger partial charge on any atom is 0.210 e. The Labute approximate surface area is 135 Å². The van der Waals surface area contributed by atoms with Gasteiger partial charge in [0.15, 0.2) is 6.61 Å². The topological polar surface area (TPSA) is 26.3 Å². The van der Waals surface area contributed by atoms with Crippen LogP contribution in [-0.2, 0) is 6.42 Å². The molecular formula is C19H20O2S. The molecule has 4 rings (SSSR count). The Kier molecular flexibility index (Phi) is 2.99. The van der Waals surface area contributed by atoms with Crippen molar-refractivity contribution in [3.8, 4) is 5.75 Å². The van der Waals surface area contributed by atoms with Crippen molar-refractivity contribution in [2.75, 3.05) is 6.61 Å². The lowest BCUT2D eigenvalue weighted by molar-refractivity contribution is 0.0924. The van der Waals surface area contributed by atoms with Crippen LogP contribution in [0.15, 0.2) is 30.3 Å². The molecule has 2 nitrogen and oxygen atoms in total. The molecule has 1 aromatic carbocycles. The molecule has 0 radical (unpaired) electrons. The van der Waals surface area contributed by atoms with Crippen LogP contribution in [0.2, 0.25) is 0 Å². The van der Waals surface area contributed by atoms with E-state index < -0.39 is 0 Å². The summed E-state index contributed by atoms with van der Waals surface area (Å²) in [4.78, 5) is 14.8. The fraction of sp³-hybridized carbons (Fsp3) is 0.421. The molecular weight excluding hydrogens is 292 g/mol. The number of carbonyl (C=O) groups is 1. The second-order valence-corrected chi connectivity index (χ2v) is 8.24. The molecule has 0 amide bonds. The van der Waals surface area contributed by atoms with Gasteiger partial charge in [-0.1, -0.05) is 32.0 Å². The summed E-state index contributed by atoms with van der Waals surface area (Å²) >= 11 is 1.66. The van der Waals surface area contributed by atoms with E-state index >= 15 is 0 Å². The van der Waals surface area contributed by atoms with E-state index in [2.05, 4.69) is 20.8 Å². The molecule has 0 saturated heterocycles. The van der Waals surface area contributed by atoms with E-state index in [1.807, 2.05) is 30.3 Å². The molecule has 114 valence electrons. The minimum atomic E-state index is 0.123. The first-order valence-corrected chi connectivity index (χ1v) is 8.65. The predicted octanol–water partition coefficient (Wildman–Crippen LogP) is 4.61. The highest BCUT2D eigenvalue weighted by Gasteiger charge is 2.63. The first-order valence-electron chi connectivity index (χ1n) is 7.83. The summed E-state index contributed by atoms with van der Waals surface area (Å²) in [5, 5.41) is 0. The van der Waals surface area contributed by atoms with Crippen LogP contribution in [0, 0.1) is 18.3 Å². The number of aryl methyl sites for hydroxylation is 1. The molecule has 0 spiro atoms. The van der Waals surface area contributed by atoms with Crippen molar-refractivity contribution >= 4 is 17.1 Å². The normalized spacial score (nSPS) is 23.8. The van der Waals surface area contributed by atoms with Crippen LogP contribution in [-0.4, -0.2) is 12.4 Å². The van der Waals surface area contributed by atoms with Gasteiger partial charge >= 0.3 is 0 Å². The van der Waals surface area contributed by atoms with Crippen LogP contribution in [0.4, 0.5) is 0 Å². The summed E-state index contributed by atoms with van der Waals surface area (Å²) in [5.74, 6) is 2.29. The van der Waals surface area contributed by atoms with E-state index in [0.29, 0.717) is 11.3 Å². The summed E-state index contributed by atoms with van der Waals surface area (Å²) in [7, 11) is 0. The molecule has 0 aliphatic heterocycles. The standard InChI is InChI=1S/C19H20O2S/c1-11-16-13(9-14-17(16)19(14,2)3)18(22-11)15(20)10-21-12-7-5-4-6-8-12/h4-8,14,17H,9-10H2,1-3H3/t14-,17-/m1/s1. The second kappa shape index (κ2) is 4.69. The third kappa shape index (κ3) is 1.95. The van der Waals surface area contributed by atoms with E-state index in [0.717, 1.165) is 23.0 Å². The zero-order valence-corrected chi connectivity index (χ0v) is 14.0. The molecule has 2 aliphatic rings. The molecule has 1 aromatic heterocycles. The largest absolute Gasteiger partial charge is 0.485 e. The molecule has 3 heteroatoms. The summed E-state index contributed by atoms with van der Waals surface area (Å²) in [6.07, 6.45) is 1.07. The monoisotopic (exact) mass is 312 g/mol. The van der Waals surface area contributed by atoms with Gasteiger partial charge in [0, 0.05) is 4.88 Å². The predicted molar refractivity (Wildman–Crippen MR) is 89.0 cm³/mol. The van der Waals surface area contributed by atoms with E-state index in [9.17, 15) is 4.79 Å². The Balaban J connectivity index is 1.54. The van der Waals surface area contributed by atoms with Gasteiger partial charge < -0.3 is 4.74 Å². The first kappa shape index (κ1) is 14.0. The van der Waals surface area contributed by atoms with Crippen LogP contribution in [0.3, 0.4) is 0 Å². The van der Waals surface area contributed by atoms with Crippen LogP contribution in [0.1, 0.15) is 45.4 Å². The number of fused-ring (bicyclic) bond motifs is 3. The minimum absolute atomic E-state index is 0.123. The zero-order valence-electron chi connectivity index (χ0n) is 13.2. The number of hydrogen-bond donors (Lipinski definition) is 0. The number of thiophene rings is 1. The Morgan fingerprint density at radius 1 is 1.32 bits per heavy atom. The average Bonchev–Trinajstić information content (AvgIpc) is 2.86. The van der Waals surface area contributed by atoms with Crippen LogP contribution < -0.4 is 4.74 Å². The number of hydrogen-bond acceptors (Lipinski definition) is 3. The molecule has 0 bridgehead atoms. The third-order valence-corrected chi connectivity index (χ3v) is 6.59. The number of ketones is 1. The highest BCUT2D eigenvalue weighted by molar-refractivity contribution is 7.14. The highest BCUT2D eigenvalue weighted by atomic mass is 32.1. The highest BCUT2D eigenvalue weighted by Crippen LogP contribution is 2.71. The molecule has 1 fully saturated rings. The van der Waals surface area contributed by atoms with Gasteiger partial charge in [-0.2, -0.15) is 0 Å². The van der Waals surface area contributed by atoms with Crippen molar-refractivity contribution in [2.24, 2.45) is 11.3 Å². The lowest BCUT2D eigenvalue weighted by Gasteiger charge is -2.10. The van der Waals surface area contributed by atoms with Crippen molar-refractivity contribution in [3.05, 3.63) is 51.2 Å². The first-order chi connectivity index (χ1) is 10.5. The second-order valence-electron chi connectivity index (χ2n) is 7.01. The van der Waals surface area contributed by atoms with Gasteiger partial charge in [-0.25, -0.2) is 0 Å². The van der Waals surface area contributed by atoms with Crippen LogP contribution in [0.25, 0.3) is 0 Å². The molecule has 2 aromatic rings. The molecule has 22 heavy (non-hydrogen) atoms. The minimum Gasteiger partial charge on any atom is -0.485 e. The summed E-state index contributed by atoms with van der Waals surface area (Å²) in [6, 6.07) is 9.55. The molecule has 1 heterocycles. The fourth-order valence-electron chi connectivity index (χ4n) is 4.09. The quantitative estimate of drug-likeness (QED) is 0.770. The molecule has 0 N–H and O–H groups in total. The Bertz CT molecular complexity index is 742. The lowest BCUT2D eigenvalue weighted by Crippen LogP contribution is -2.12. The van der Waals surface area contributed by atoms with Crippen molar-refractivity contribution in [1.82, 2.24) is 0 Å². The number of carbonyl (C=O) groups excluding carboxylic acids is 1. The summed E-state index contributed by atoms with van der Waals surface area (Å²) in [5.41, 5.74) is 3.22. The van der Waals surface area contributed by atoms with Crippen molar-refractivity contribution in [2.45, 2.75) is 33.1 Å². The van der Waals surface area contributed by atoms with E-state index in [1.165, 1.54) is 16.0 Å². The Morgan fingerprint density at radius 2 is 2.05 bits per heavy atom. The van der Waals surface area contributed by atoms with Gasteiger partial charge in [0.25, 0.3) is 0 Å². The van der Waals surface area contributed by atoms with Gasteiger partial charge in [-0.05, 0) is 53.9 Å². The van der Waals surface area contributed by atoms with Gasteiger partial charge in [0.05, 0.1) is 4.88 Å². The smallest absolute Gasteiger partial charge is 0.210 e. The van der Waals surface area contributed by atoms with E-state index in [1.54, 1.807) is 11.3 Å². The van der Waals surface area contributed by atoms with E-state index in [-0.39, 0.29) is 12.4 Å². The zero-order chi connectivity index (χ0) is 15.5. The maximum absolute atomic E-state index is 12.6. The molecule has 1 saturated carbocycles. The number of Topliss-reactive ketones (excluding diaryl/α,β-unsaturated/α-hetero) is 1. The van der Waals surface area contributed by atoms with E-state index in [4.69, 9.17) is 4.74 Å². The van der Waals surface area contributed by atoms with Gasteiger partial charge in [0.1, 0.15) is 5.75 Å². The molecule has 0 unspecified atom stereocenters. The van der Waals surface area contributed by atoms with Crippen LogP contribution >= 0.6 is 11.3 Å². The van der Waals surface area contributed by atoms with Gasteiger partial charge in [0.2, 0.25) is 5.78 Å². The Morgan fingerprint density at radius 3 is 2.77 bits per heavy atom. The maximum atomic E-state index is 12.6. The lowest BCUT2D eigenvalue weighted by atomic mass is 9.95. The van der Waals surface area contributed by atoms with Gasteiger partial charge in [-0.3, -0.25) is 4.79 Å². The van der Waals surface area contributed by atoms with Crippen molar-refractivity contribution in [1.29, 1.82) is 0 Å². The number of benzene rings is 1. The number of rotatable bonds is 4.